The Morgan fingerprint density at radius 1 is 1.50 bits per heavy atom. The first kappa shape index (κ1) is 12.6. The van der Waals surface area contributed by atoms with E-state index in [1.165, 1.54) is 0 Å². The van der Waals surface area contributed by atoms with Crippen molar-refractivity contribution in [2.45, 2.75) is 32.7 Å². The predicted molar refractivity (Wildman–Crippen MR) is 70.3 cm³/mol. The molecule has 1 aliphatic heterocycles. The second kappa shape index (κ2) is 4.44. The number of aryl methyl sites for hydroxylation is 1. The molecular weight excluding hydrogens is 230 g/mol. The minimum Gasteiger partial charge on any atom is -0.384 e. The van der Waals surface area contributed by atoms with Crippen LogP contribution in [0.5, 0.6) is 0 Å². The Morgan fingerprint density at radius 2 is 2.22 bits per heavy atom. The van der Waals surface area contributed by atoms with E-state index >= 15 is 0 Å². The van der Waals surface area contributed by atoms with E-state index in [4.69, 9.17) is 5.73 Å². The van der Waals surface area contributed by atoms with E-state index in [9.17, 15) is 4.79 Å². The largest absolute Gasteiger partial charge is 0.384 e. The molecule has 1 aromatic heterocycles. The Kier molecular flexibility index (Phi) is 3.11. The maximum absolute atomic E-state index is 11.9. The monoisotopic (exact) mass is 249 g/mol. The Bertz CT molecular complexity index is 472. The van der Waals surface area contributed by atoms with Crippen LogP contribution in [-0.4, -0.2) is 34.5 Å². The fourth-order valence-electron chi connectivity index (χ4n) is 2.10. The maximum Gasteiger partial charge on any atom is 0.245 e. The highest BCUT2D eigenvalue weighted by Gasteiger charge is 2.38. The minimum absolute atomic E-state index is 0.00369. The molecule has 0 spiro atoms. The first-order valence-corrected chi connectivity index (χ1v) is 6.14. The van der Waals surface area contributed by atoms with Gasteiger partial charge < -0.3 is 16.0 Å². The van der Waals surface area contributed by atoms with Gasteiger partial charge >= 0.3 is 0 Å². The van der Waals surface area contributed by atoms with Crippen LogP contribution >= 0.6 is 0 Å². The lowest BCUT2D eigenvalue weighted by molar-refractivity contribution is -0.126. The molecule has 3 N–H and O–H groups in total. The lowest BCUT2D eigenvalue weighted by atomic mass is 9.99. The SMILES string of the molecule is CCc1nc(N)cc(N2CCNC(=O)C2(C)C)n1. The molecule has 2 rings (SSSR count). The number of anilines is 2. The lowest BCUT2D eigenvalue weighted by Crippen LogP contribution is -2.62. The van der Waals surface area contributed by atoms with Crippen LogP contribution in [0.3, 0.4) is 0 Å². The van der Waals surface area contributed by atoms with E-state index in [-0.39, 0.29) is 5.91 Å². The van der Waals surface area contributed by atoms with E-state index in [2.05, 4.69) is 15.3 Å². The van der Waals surface area contributed by atoms with Crippen LogP contribution in [0.2, 0.25) is 0 Å². The highest BCUT2D eigenvalue weighted by molar-refractivity contribution is 5.90. The van der Waals surface area contributed by atoms with Gasteiger partial charge in [-0.05, 0) is 13.8 Å². The summed E-state index contributed by atoms with van der Waals surface area (Å²) >= 11 is 0. The topological polar surface area (TPSA) is 84.1 Å². The van der Waals surface area contributed by atoms with E-state index in [0.29, 0.717) is 18.2 Å². The second-order valence-corrected chi connectivity index (χ2v) is 4.89. The molecule has 1 amide bonds. The molecule has 0 bridgehead atoms. The molecule has 1 fully saturated rings. The number of nitrogens with one attached hydrogen (secondary N) is 1. The summed E-state index contributed by atoms with van der Waals surface area (Å²) in [5, 5.41) is 2.86. The van der Waals surface area contributed by atoms with Crippen molar-refractivity contribution in [1.82, 2.24) is 15.3 Å². The van der Waals surface area contributed by atoms with Gasteiger partial charge in [0.1, 0.15) is 23.0 Å². The Balaban J connectivity index is 2.41. The van der Waals surface area contributed by atoms with E-state index in [1.807, 2.05) is 25.7 Å². The molecule has 0 atom stereocenters. The van der Waals surface area contributed by atoms with Crippen LogP contribution in [0.25, 0.3) is 0 Å². The summed E-state index contributed by atoms with van der Waals surface area (Å²) in [7, 11) is 0. The number of hydrogen-bond acceptors (Lipinski definition) is 5. The zero-order valence-corrected chi connectivity index (χ0v) is 11.0. The van der Waals surface area contributed by atoms with E-state index in [1.54, 1.807) is 6.07 Å². The number of rotatable bonds is 2. The summed E-state index contributed by atoms with van der Waals surface area (Å²) in [5.74, 6) is 1.87. The summed E-state index contributed by atoms with van der Waals surface area (Å²) in [5.41, 5.74) is 5.17. The first-order valence-electron chi connectivity index (χ1n) is 6.14. The number of piperazine rings is 1. The quantitative estimate of drug-likeness (QED) is 0.789. The average molecular weight is 249 g/mol. The van der Waals surface area contributed by atoms with Crippen molar-refractivity contribution in [1.29, 1.82) is 0 Å². The molecule has 18 heavy (non-hydrogen) atoms. The fraction of sp³-hybridized carbons (Fsp3) is 0.583. The molecule has 6 nitrogen and oxygen atoms in total. The molecule has 0 aliphatic carbocycles. The summed E-state index contributed by atoms with van der Waals surface area (Å²) in [6, 6.07) is 1.72. The maximum atomic E-state index is 11.9. The van der Waals surface area contributed by atoms with E-state index in [0.717, 1.165) is 18.8 Å². The molecule has 1 aliphatic rings. The number of hydrogen-bond donors (Lipinski definition) is 2. The summed E-state index contributed by atoms with van der Waals surface area (Å²) in [4.78, 5) is 22.5. The van der Waals surface area contributed by atoms with Gasteiger partial charge in [0.15, 0.2) is 0 Å². The van der Waals surface area contributed by atoms with Crippen molar-refractivity contribution in [2.75, 3.05) is 23.7 Å². The minimum atomic E-state index is -0.621. The van der Waals surface area contributed by atoms with Crippen LogP contribution in [0.4, 0.5) is 11.6 Å². The number of nitrogens with two attached hydrogens (primary N) is 1. The van der Waals surface area contributed by atoms with Gasteiger partial charge in [-0.1, -0.05) is 6.92 Å². The number of carbonyl (C=O) groups excluding carboxylic acids is 1. The third-order valence-corrected chi connectivity index (χ3v) is 3.22. The van der Waals surface area contributed by atoms with Gasteiger partial charge in [-0.15, -0.1) is 0 Å². The van der Waals surface area contributed by atoms with Gasteiger partial charge in [-0.25, -0.2) is 9.97 Å². The summed E-state index contributed by atoms with van der Waals surface area (Å²) in [6.07, 6.45) is 0.721. The highest BCUT2D eigenvalue weighted by atomic mass is 16.2. The first-order chi connectivity index (χ1) is 8.45. The van der Waals surface area contributed by atoms with E-state index < -0.39 is 5.54 Å². The van der Waals surface area contributed by atoms with Gasteiger partial charge in [0, 0.05) is 25.6 Å². The van der Waals surface area contributed by atoms with Crippen LogP contribution in [-0.2, 0) is 11.2 Å². The number of nitrogens with zero attached hydrogens (tertiary/aromatic N) is 3. The van der Waals surface area contributed by atoms with Gasteiger partial charge in [-0.3, -0.25) is 4.79 Å². The van der Waals surface area contributed by atoms with Gasteiger partial charge in [-0.2, -0.15) is 0 Å². The standard InChI is InChI=1S/C12H19N5O/c1-4-9-15-8(13)7-10(16-9)17-6-5-14-11(18)12(17,2)3/h7H,4-6H2,1-3H3,(H,14,18)(H2,13,15,16). The van der Waals surface area contributed by atoms with Crippen molar-refractivity contribution < 1.29 is 4.79 Å². The van der Waals surface area contributed by atoms with Crippen LogP contribution < -0.4 is 16.0 Å². The molecular formula is C12H19N5O. The van der Waals surface area contributed by atoms with Crippen LogP contribution in [0.1, 0.15) is 26.6 Å². The molecule has 0 aromatic carbocycles. The zero-order chi connectivity index (χ0) is 13.3. The zero-order valence-electron chi connectivity index (χ0n) is 11.0. The molecule has 0 saturated carbocycles. The Hall–Kier alpha value is -1.85. The number of amides is 1. The summed E-state index contributed by atoms with van der Waals surface area (Å²) in [6.45, 7) is 7.08. The van der Waals surface area contributed by atoms with Crippen molar-refractivity contribution in [3.8, 4) is 0 Å². The smallest absolute Gasteiger partial charge is 0.245 e. The van der Waals surface area contributed by atoms with Gasteiger partial charge in [0.2, 0.25) is 5.91 Å². The molecule has 1 aromatic rings. The summed E-state index contributed by atoms with van der Waals surface area (Å²) < 4.78 is 0. The molecule has 1 saturated heterocycles. The van der Waals surface area contributed by atoms with Gasteiger partial charge in [0.05, 0.1) is 0 Å². The van der Waals surface area contributed by atoms with Crippen molar-refractivity contribution in [3.63, 3.8) is 0 Å². The third kappa shape index (κ3) is 2.10. The Labute approximate surface area is 107 Å². The third-order valence-electron chi connectivity index (χ3n) is 3.22. The molecule has 6 heteroatoms. The number of carbonyl (C=O) groups is 1. The highest BCUT2D eigenvalue weighted by Crippen LogP contribution is 2.25. The fourth-order valence-corrected chi connectivity index (χ4v) is 2.10. The average Bonchev–Trinajstić information content (AvgIpc) is 2.31. The number of aromatic nitrogens is 2. The van der Waals surface area contributed by atoms with Crippen molar-refractivity contribution in [2.24, 2.45) is 0 Å². The van der Waals surface area contributed by atoms with Crippen LogP contribution in [0.15, 0.2) is 6.07 Å². The predicted octanol–water partition coefficient (Wildman–Crippen LogP) is 0.336. The lowest BCUT2D eigenvalue weighted by Gasteiger charge is -2.42. The Morgan fingerprint density at radius 3 is 2.89 bits per heavy atom. The molecule has 0 radical (unpaired) electrons. The normalized spacial score (nSPS) is 18.6. The molecule has 2 heterocycles. The van der Waals surface area contributed by atoms with Gasteiger partial charge in [0.25, 0.3) is 0 Å². The molecule has 98 valence electrons. The molecule has 0 unspecified atom stereocenters. The number of nitrogen functional groups attached to an aromatic ring is 1. The van der Waals surface area contributed by atoms with Crippen molar-refractivity contribution in [3.05, 3.63) is 11.9 Å². The van der Waals surface area contributed by atoms with Crippen LogP contribution in [0, 0.1) is 0 Å². The van der Waals surface area contributed by atoms with Crippen molar-refractivity contribution >= 4 is 17.5 Å². The second-order valence-electron chi connectivity index (χ2n) is 4.89.